The maximum absolute atomic E-state index is 12.7. The van der Waals surface area contributed by atoms with Gasteiger partial charge in [-0.15, -0.1) is 11.3 Å². The third-order valence-electron chi connectivity index (χ3n) is 4.98. The first-order chi connectivity index (χ1) is 12.6. The van der Waals surface area contributed by atoms with E-state index >= 15 is 0 Å². The maximum Gasteiger partial charge on any atom is 0.257 e. The van der Waals surface area contributed by atoms with Crippen molar-refractivity contribution in [3.63, 3.8) is 0 Å². The predicted molar refractivity (Wildman–Crippen MR) is 99.5 cm³/mol. The zero-order valence-electron chi connectivity index (χ0n) is 15.0. The zero-order valence-corrected chi connectivity index (χ0v) is 15.8. The number of aromatic nitrogens is 3. The second-order valence-corrected chi connectivity index (χ2v) is 7.51. The molecule has 1 saturated heterocycles. The average molecular weight is 370 g/mol. The predicted octanol–water partition coefficient (Wildman–Crippen LogP) is 3.62. The van der Waals surface area contributed by atoms with Gasteiger partial charge in [-0.25, -0.2) is 9.97 Å². The number of hydrogen-bond donors (Lipinski definition) is 0. The smallest absolute Gasteiger partial charge is 0.257 e. The average Bonchev–Trinajstić information content (AvgIpc) is 3.37. The van der Waals surface area contributed by atoms with Crippen molar-refractivity contribution in [2.45, 2.75) is 39.2 Å². The number of piperidine rings is 1. The van der Waals surface area contributed by atoms with Gasteiger partial charge in [-0.1, -0.05) is 0 Å². The lowest BCUT2D eigenvalue weighted by atomic mass is 9.95. The van der Waals surface area contributed by atoms with Gasteiger partial charge in [-0.3, -0.25) is 4.79 Å². The normalized spacial score (nSPS) is 15.5. The Morgan fingerprint density at radius 1 is 1.31 bits per heavy atom. The number of likely N-dealkylation sites (tertiary alicyclic amines) is 1. The van der Waals surface area contributed by atoms with Gasteiger partial charge in [0.05, 0.1) is 23.3 Å². The molecule has 1 fully saturated rings. The molecular formula is C19H22N4O2S. The molecule has 0 bridgehead atoms. The van der Waals surface area contributed by atoms with Crippen molar-refractivity contribution >= 4 is 17.2 Å². The minimum absolute atomic E-state index is 0.0728. The Hall–Kier alpha value is -2.41. The van der Waals surface area contributed by atoms with Crippen molar-refractivity contribution < 1.29 is 9.21 Å². The highest BCUT2D eigenvalue weighted by Gasteiger charge is 2.28. The second kappa shape index (κ2) is 7.07. The van der Waals surface area contributed by atoms with E-state index in [9.17, 15) is 4.79 Å². The number of thiazole rings is 1. The van der Waals surface area contributed by atoms with E-state index in [0.29, 0.717) is 17.2 Å². The zero-order chi connectivity index (χ0) is 18.1. The van der Waals surface area contributed by atoms with Crippen LogP contribution in [-0.4, -0.2) is 38.4 Å². The highest BCUT2D eigenvalue weighted by Crippen LogP contribution is 2.28. The molecule has 0 radical (unpaired) electrons. The molecule has 4 heterocycles. The summed E-state index contributed by atoms with van der Waals surface area (Å²) in [6.07, 6.45) is 5.73. The van der Waals surface area contributed by atoms with E-state index in [1.54, 1.807) is 11.3 Å². The van der Waals surface area contributed by atoms with E-state index < -0.39 is 0 Å². The molecule has 0 N–H and O–H groups in total. The molecule has 0 aromatic carbocycles. The lowest BCUT2D eigenvalue weighted by molar-refractivity contribution is 0.0708. The van der Waals surface area contributed by atoms with Crippen molar-refractivity contribution in [2.75, 3.05) is 13.1 Å². The molecule has 0 aliphatic carbocycles. The molecule has 0 saturated carbocycles. The lowest BCUT2D eigenvalue weighted by Crippen LogP contribution is -2.38. The molecule has 26 heavy (non-hydrogen) atoms. The van der Waals surface area contributed by atoms with Crippen LogP contribution in [0.3, 0.4) is 0 Å². The van der Waals surface area contributed by atoms with Gasteiger partial charge in [0.2, 0.25) is 0 Å². The van der Waals surface area contributed by atoms with Gasteiger partial charge < -0.3 is 13.9 Å². The summed E-state index contributed by atoms with van der Waals surface area (Å²) in [7, 11) is 0. The van der Waals surface area contributed by atoms with Crippen molar-refractivity contribution in [3.8, 4) is 0 Å². The summed E-state index contributed by atoms with van der Waals surface area (Å²) in [6, 6.07) is 1.84. The lowest BCUT2D eigenvalue weighted by Gasteiger charge is -2.31. The summed E-state index contributed by atoms with van der Waals surface area (Å²) in [5, 5.41) is 2.07. The van der Waals surface area contributed by atoms with Crippen molar-refractivity contribution in [1.82, 2.24) is 19.4 Å². The number of carbonyl (C=O) groups is 1. The highest BCUT2D eigenvalue weighted by atomic mass is 32.1. The summed E-state index contributed by atoms with van der Waals surface area (Å²) < 4.78 is 7.69. The van der Waals surface area contributed by atoms with Crippen LogP contribution in [0.15, 0.2) is 33.8 Å². The van der Waals surface area contributed by atoms with Crippen molar-refractivity contribution in [3.05, 3.63) is 58.0 Å². The molecule has 7 heteroatoms. The first-order valence-corrected chi connectivity index (χ1v) is 9.80. The molecule has 0 unspecified atom stereocenters. The Morgan fingerprint density at radius 3 is 2.77 bits per heavy atom. The van der Waals surface area contributed by atoms with E-state index in [1.165, 1.54) is 0 Å². The third-order valence-corrected chi connectivity index (χ3v) is 5.62. The molecule has 1 aliphatic heterocycles. The molecular weight excluding hydrogens is 348 g/mol. The molecule has 0 atom stereocenters. The van der Waals surface area contributed by atoms with Crippen LogP contribution in [0.4, 0.5) is 0 Å². The SMILES string of the molecule is Cc1cc(C(=O)N2CCC(c3nccn3Cc3cscn3)CC2)c(C)o1. The summed E-state index contributed by atoms with van der Waals surface area (Å²) >= 11 is 1.61. The van der Waals surface area contributed by atoms with E-state index in [4.69, 9.17) is 4.42 Å². The largest absolute Gasteiger partial charge is 0.466 e. The van der Waals surface area contributed by atoms with Crippen LogP contribution in [0.25, 0.3) is 0 Å². The van der Waals surface area contributed by atoms with Crippen LogP contribution < -0.4 is 0 Å². The van der Waals surface area contributed by atoms with Gasteiger partial charge in [0.25, 0.3) is 5.91 Å². The first-order valence-electron chi connectivity index (χ1n) is 8.86. The van der Waals surface area contributed by atoms with Crippen LogP contribution >= 0.6 is 11.3 Å². The molecule has 0 spiro atoms. The molecule has 3 aromatic heterocycles. The number of amides is 1. The quantitative estimate of drug-likeness (QED) is 0.704. The molecule has 1 amide bonds. The van der Waals surface area contributed by atoms with E-state index in [-0.39, 0.29) is 5.91 Å². The van der Waals surface area contributed by atoms with E-state index in [1.807, 2.05) is 42.7 Å². The van der Waals surface area contributed by atoms with Crippen LogP contribution in [0, 0.1) is 13.8 Å². The van der Waals surface area contributed by atoms with Crippen molar-refractivity contribution in [2.24, 2.45) is 0 Å². The Kier molecular flexibility index (Phi) is 4.63. The van der Waals surface area contributed by atoms with Gasteiger partial charge in [0.1, 0.15) is 17.3 Å². The standard InChI is InChI=1S/C19H22N4O2S/c1-13-9-17(14(2)25-13)19(24)22-6-3-15(4-7-22)18-20-5-8-23(18)10-16-11-26-12-21-16/h5,8-9,11-12,15H,3-4,6-7,10H2,1-2H3. The van der Waals surface area contributed by atoms with Crippen molar-refractivity contribution in [1.29, 1.82) is 0 Å². The number of aryl methyl sites for hydroxylation is 2. The van der Waals surface area contributed by atoms with E-state index in [2.05, 4.69) is 19.9 Å². The number of imidazole rings is 1. The van der Waals surface area contributed by atoms with Crippen LogP contribution in [0.2, 0.25) is 0 Å². The van der Waals surface area contributed by atoms with Gasteiger partial charge in [-0.2, -0.15) is 0 Å². The fourth-order valence-corrected chi connectivity index (χ4v) is 4.21. The Balaban J connectivity index is 1.42. The summed E-state index contributed by atoms with van der Waals surface area (Å²) in [5.41, 5.74) is 3.61. The molecule has 1 aliphatic rings. The topological polar surface area (TPSA) is 64.2 Å². The third kappa shape index (κ3) is 3.31. The Bertz CT molecular complexity index is 889. The van der Waals surface area contributed by atoms with Crippen LogP contribution in [0.1, 0.15) is 52.2 Å². The molecule has 3 aromatic rings. The summed E-state index contributed by atoms with van der Waals surface area (Å²) in [5.74, 6) is 3.03. The first kappa shape index (κ1) is 17.0. The highest BCUT2D eigenvalue weighted by molar-refractivity contribution is 7.07. The summed E-state index contributed by atoms with van der Waals surface area (Å²) in [6.45, 7) is 5.97. The number of carbonyl (C=O) groups excluding carboxylic acids is 1. The Labute approximate surface area is 156 Å². The molecule has 136 valence electrons. The van der Waals surface area contributed by atoms with Gasteiger partial charge in [-0.05, 0) is 32.8 Å². The second-order valence-electron chi connectivity index (χ2n) is 6.79. The number of furan rings is 1. The maximum atomic E-state index is 12.7. The van der Waals surface area contributed by atoms with Gasteiger partial charge >= 0.3 is 0 Å². The number of rotatable bonds is 4. The van der Waals surface area contributed by atoms with Crippen LogP contribution in [-0.2, 0) is 6.54 Å². The van der Waals surface area contributed by atoms with E-state index in [0.717, 1.165) is 49.8 Å². The number of nitrogens with zero attached hydrogens (tertiary/aromatic N) is 4. The molecule has 6 nitrogen and oxygen atoms in total. The van der Waals surface area contributed by atoms with Gasteiger partial charge in [0, 0.05) is 36.8 Å². The minimum atomic E-state index is 0.0728. The Morgan fingerprint density at radius 2 is 2.12 bits per heavy atom. The minimum Gasteiger partial charge on any atom is -0.466 e. The van der Waals surface area contributed by atoms with Gasteiger partial charge in [0.15, 0.2) is 0 Å². The number of hydrogen-bond acceptors (Lipinski definition) is 5. The fourth-order valence-electron chi connectivity index (χ4n) is 3.66. The summed E-state index contributed by atoms with van der Waals surface area (Å²) in [4.78, 5) is 23.6. The fraction of sp³-hybridized carbons (Fsp3) is 0.421. The van der Waals surface area contributed by atoms with Crippen LogP contribution in [0.5, 0.6) is 0 Å². The molecule has 4 rings (SSSR count). The monoisotopic (exact) mass is 370 g/mol.